The molecule has 1 aliphatic rings. The van der Waals surface area contributed by atoms with E-state index in [9.17, 15) is 0 Å². The lowest BCUT2D eigenvalue weighted by atomic mass is 9.82. The lowest BCUT2D eigenvalue weighted by molar-refractivity contribution is 0.0257. The number of allylic oxidation sites excluding steroid dienone is 4. The highest BCUT2D eigenvalue weighted by Gasteiger charge is 2.31. The summed E-state index contributed by atoms with van der Waals surface area (Å²) in [6, 6.07) is 31.6. The van der Waals surface area contributed by atoms with Crippen molar-refractivity contribution in [1.82, 2.24) is 0 Å². The van der Waals surface area contributed by atoms with E-state index in [0.717, 1.165) is 22.3 Å². The fourth-order valence-electron chi connectivity index (χ4n) is 5.60. The minimum atomic E-state index is -0.512. The summed E-state index contributed by atoms with van der Waals surface area (Å²) in [7, 11) is 9.37. The average molecular weight is 625 g/mol. The highest BCUT2D eigenvalue weighted by Crippen LogP contribution is 2.47. The van der Waals surface area contributed by atoms with Crippen LogP contribution in [0.5, 0.6) is 23.0 Å². The first kappa shape index (κ1) is 33.8. The van der Waals surface area contributed by atoms with Crippen LogP contribution in [0.15, 0.2) is 120 Å². The quantitative estimate of drug-likeness (QED) is 0.164. The molecular weight excluding hydrogens is 579 g/mol. The van der Waals surface area contributed by atoms with Crippen molar-refractivity contribution in [2.24, 2.45) is 5.41 Å². The van der Waals surface area contributed by atoms with Crippen LogP contribution >= 0.6 is 9.24 Å². The molecule has 236 valence electrons. The third-order valence-electron chi connectivity index (χ3n) is 7.86. The minimum Gasteiger partial charge on any atom is -0.496 e. The average Bonchev–Trinajstić information content (AvgIpc) is 3.07. The van der Waals surface area contributed by atoms with Crippen LogP contribution in [0.4, 0.5) is 0 Å². The van der Waals surface area contributed by atoms with Gasteiger partial charge in [0.15, 0.2) is 0 Å². The Morgan fingerprint density at radius 3 is 1.27 bits per heavy atom. The van der Waals surface area contributed by atoms with Crippen molar-refractivity contribution in [3.05, 3.63) is 142 Å². The van der Waals surface area contributed by atoms with E-state index in [4.69, 9.17) is 23.7 Å². The molecule has 0 N–H and O–H groups in total. The molecular formula is C39H45O5P. The van der Waals surface area contributed by atoms with Crippen molar-refractivity contribution in [1.29, 1.82) is 0 Å². The first-order valence-electron chi connectivity index (χ1n) is 15.0. The first-order chi connectivity index (χ1) is 21.7. The molecule has 0 aliphatic heterocycles. The molecule has 0 heterocycles. The second-order valence-corrected chi connectivity index (χ2v) is 12.2. The Morgan fingerprint density at radius 2 is 0.956 bits per heavy atom. The van der Waals surface area contributed by atoms with Gasteiger partial charge in [-0.05, 0) is 59.5 Å². The van der Waals surface area contributed by atoms with E-state index >= 15 is 0 Å². The Hall–Kier alpha value is -4.05. The molecule has 45 heavy (non-hydrogen) atoms. The van der Waals surface area contributed by atoms with Gasteiger partial charge in [-0.15, -0.1) is 9.24 Å². The fraction of sp³-hybridized carbons (Fsp3) is 0.282. The van der Waals surface area contributed by atoms with Crippen molar-refractivity contribution in [2.45, 2.75) is 39.4 Å². The molecule has 0 fully saturated rings. The maximum atomic E-state index is 7.04. The van der Waals surface area contributed by atoms with Gasteiger partial charge in [0.05, 0.1) is 39.6 Å². The van der Waals surface area contributed by atoms with Crippen molar-refractivity contribution in [3.63, 3.8) is 0 Å². The summed E-state index contributed by atoms with van der Waals surface area (Å²) >= 11 is 0. The number of hydrogen-bond donors (Lipinski definition) is 0. The fourth-order valence-corrected chi connectivity index (χ4v) is 5.80. The van der Waals surface area contributed by atoms with Crippen LogP contribution in [0.1, 0.15) is 61.7 Å². The van der Waals surface area contributed by atoms with Crippen LogP contribution in [0.3, 0.4) is 0 Å². The largest absolute Gasteiger partial charge is 0.496 e. The van der Waals surface area contributed by atoms with Crippen molar-refractivity contribution < 1.29 is 23.7 Å². The van der Waals surface area contributed by atoms with Crippen molar-refractivity contribution >= 4 is 9.24 Å². The Morgan fingerprint density at radius 1 is 0.578 bits per heavy atom. The van der Waals surface area contributed by atoms with Crippen molar-refractivity contribution in [2.75, 3.05) is 28.4 Å². The Balaban J connectivity index is 0.000000392. The van der Waals surface area contributed by atoms with Gasteiger partial charge in [-0.25, -0.2) is 0 Å². The smallest absolute Gasteiger partial charge is 0.128 e. The molecule has 0 saturated heterocycles. The van der Waals surface area contributed by atoms with E-state index in [1.165, 1.54) is 17.3 Å². The predicted molar refractivity (Wildman–Crippen MR) is 187 cm³/mol. The zero-order valence-corrected chi connectivity index (χ0v) is 28.5. The van der Waals surface area contributed by atoms with Gasteiger partial charge in [-0.3, -0.25) is 0 Å². The maximum absolute atomic E-state index is 7.04. The van der Waals surface area contributed by atoms with Gasteiger partial charge in [-0.2, -0.15) is 0 Å². The Labute approximate surface area is 271 Å². The van der Waals surface area contributed by atoms with Gasteiger partial charge in [0, 0.05) is 0 Å². The van der Waals surface area contributed by atoms with E-state index in [1.807, 2.05) is 97.1 Å². The zero-order chi connectivity index (χ0) is 32.4. The first-order valence-corrected chi connectivity index (χ1v) is 15.6. The molecule has 4 aromatic rings. The molecule has 5 rings (SSSR count). The topological polar surface area (TPSA) is 46.2 Å². The standard InChI is InChI=1S/C30H30O5.C9H15P/c1-31-23-17-11-18-24(32-2)27(23)29(21-13-7-5-8-14-21)35-30(22-15-9-6-10-16-22)28-25(33-3)19-12-20-26(28)34-4;1-7-6-9(2,3)5-4-8(7)10/h5-20,29-30H,1-4H3;4-5H,6,10H2,1-3H3. The van der Waals surface area contributed by atoms with E-state index in [-0.39, 0.29) is 0 Å². The Kier molecular flexibility index (Phi) is 11.9. The molecule has 4 aromatic carbocycles. The normalized spacial score (nSPS) is 14.9. The molecule has 6 heteroatoms. The zero-order valence-electron chi connectivity index (χ0n) is 27.4. The summed E-state index contributed by atoms with van der Waals surface area (Å²) in [6.45, 7) is 6.74. The maximum Gasteiger partial charge on any atom is 0.128 e. The summed E-state index contributed by atoms with van der Waals surface area (Å²) in [4.78, 5) is 0. The van der Waals surface area contributed by atoms with Crippen LogP contribution in [-0.2, 0) is 4.74 Å². The van der Waals surface area contributed by atoms with Gasteiger partial charge in [0.25, 0.3) is 0 Å². The second-order valence-electron chi connectivity index (χ2n) is 11.6. The van der Waals surface area contributed by atoms with Crippen LogP contribution in [-0.4, -0.2) is 28.4 Å². The molecule has 0 radical (unpaired) electrons. The van der Waals surface area contributed by atoms with Crippen LogP contribution in [0.2, 0.25) is 0 Å². The van der Waals surface area contributed by atoms with E-state index in [2.05, 4.69) is 42.2 Å². The van der Waals surface area contributed by atoms with E-state index in [0.29, 0.717) is 28.4 Å². The van der Waals surface area contributed by atoms with Gasteiger partial charge in [0.2, 0.25) is 0 Å². The van der Waals surface area contributed by atoms with Gasteiger partial charge in [0.1, 0.15) is 35.2 Å². The highest BCUT2D eigenvalue weighted by molar-refractivity contribution is 7.23. The van der Waals surface area contributed by atoms with Gasteiger partial charge >= 0.3 is 0 Å². The molecule has 3 atom stereocenters. The molecule has 0 spiro atoms. The number of methoxy groups -OCH3 is 4. The second kappa shape index (κ2) is 15.8. The summed E-state index contributed by atoms with van der Waals surface area (Å²) < 4.78 is 30.1. The van der Waals surface area contributed by atoms with Gasteiger partial charge < -0.3 is 23.7 Å². The number of rotatable bonds is 10. The van der Waals surface area contributed by atoms with Crippen LogP contribution in [0, 0.1) is 5.41 Å². The predicted octanol–water partition coefficient (Wildman–Crippen LogP) is 9.74. The number of benzene rings is 4. The molecule has 5 nitrogen and oxygen atoms in total. The van der Waals surface area contributed by atoms with Crippen LogP contribution in [0.25, 0.3) is 0 Å². The summed E-state index contributed by atoms with van der Waals surface area (Å²) in [6.07, 6.45) is 4.65. The van der Waals surface area contributed by atoms with Crippen molar-refractivity contribution in [3.8, 4) is 23.0 Å². The highest BCUT2D eigenvalue weighted by atomic mass is 31.0. The summed E-state index contributed by atoms with van der Waals surface area (Å²) in [5.41, 5.74) is 5.41. The lowest BCUT2D eigenvalue weighted by Crippen LogP contribution is -2.16. The third kappa shape index (κ3) is 8.36. The molecule has 0 bridgehead atoms. The van der Waals surface area contributed by atoms with Crippen LogP contribution < -0.4 is 18.9 Å². The molecule has 0 saturated carbocycles. The molecule has 1 aliphatic carbocycles. The monoisotopic (exact) mass is 624 g/mol. The Bertz CT molecular complexity index is 1450. The number of ether oxygens (including phenoxy) is 5. The van der Waals surface area contributed by atoms with E-state index in [1.54, 1.807) is 28.4 Å². The third-order valence-corrected chi connectivity index (χ3v) is 8.55. The van der Waals surface area contributed by atoms with E-state index < -0.39 is 12.2 Å². The summed E-state index contributed by atoms with van der Waals surface area (Å²) in [5, 5.41) is 1.36. The van der Waals surface area contributed by atoms with Gasteiger partial charge in [-0.1, -0.05) is 104 Å². The molecule has 3 unspecified atom stereocenters. The lowest BCUT2D eigenvalue weighted by Gasteiger charge is -2.30. The number of hydrogen-bond acceptors (Lipinski definition) is 5. The molecule has 0 aromatic heterocycles. The molecule has 0 amide bonds. The minimum absolute atomic E-state index is 0.379. The SMILES string of the molecule is CC1=C(P)C=CC(C)(C)C1.COc1cccc(OC)c1C(OC(c1ccccc1)c1c(OC)cccc1OC)c1ccccc1. The summed E-state index contributed by atoms with van der Waals surface area (Å²) in [5.74, 6) is 2.71.